The molecule has 1 aromatic carbocycles. The minimum atomic E-state index is 0.0915. The molecule has 1 saturated heterocycles. The Labute approximate surface area is 117 Å². The summed E-state index contributed by atoms with van der Waals surface area (Å²) in [6.07, 6.45) is 2.58. The molecule has 0 aromatic heterocycles. The van der Waals surface area contributed by atoms with E-state index in [9.17, 15) is 0 Å². The van der Waals surface area contributed by atoms with Gasteiger partial charge >= 0.3 is 0 Å². The van der Waals surface area contributed by atoms with Crippen LogP contribution in [0.4, 0.5) is 11.4 Å². The van der Waals surface area contributed by atoms with Crippen molar-refractivity contribution in [2.45, 2.75) is 24.0 Å². The summed E-state index contributed by atoms with van der Waals surface area (Å²) in [5, 5.41) is 0. The number of anilines is 2. The van der Waals surface area contributed by atoms with Crippen LogP contribution in [-0.2, 0) is 0 Å². The molecule has 1 unspecified atom stereocenters. The Balaban J connectivity index is 1.92. The molecule has 0 bridgehead atoms. The number of nitrogens with two attached hydrogens (primary N) is 2. The van der Waals surface area contributed by atoms with Gasteiger partial charge in [0.25, 0.3) is 0 Å². The van der Waals surface area contributed by atoms with Gasteiger partial charge in [-0.1, -0.05) is 0 Å². The smallest absolute Gasteiger partial charge is 0.164 e. The lowest BCUT2D eigenvalue weighted by Crippen LogP contribution is -2.41. The SMILES string of the molecule is COc1cc(N)c2c(c1N)OC(N1CCCC1)CS2. The van der Waals surface area contributed by atoms with E-state index in [1.165, 1.54) is 12.8 Å². The van der Waals surface area contributed by atoms with Gasteiger partial charge in [-0.3, -0.25) is 4.90 Å². The molecule has 0 amide bonds. The first kappa shape index (κ1) is 12.7. The lowest BCUT2D eigenvalue weighted by atomic mass is 10.2. The van der Waals surface area contributed by atoms with Crippen LogP contribution in [0.3, 0.4) is 0 Å². The summed E-state index contributed by atoms with van der Waals surface area (Å²) in [5.41, 5.74) is 13.4. The van der Waals surface area contributed by atoms with Gasteiger partial charge in [0, 0.05) is 24.9 Å². The third-order valence-electron chi connectivity index (χ3n) is 3.66. The quantitative estimate of drug-likeness (QED) is 0.805. The van der Waals surface area contributed by atoms with E-state index >= 15 is 0 Å². The first-order valence-electron chi connectivity index (χ1n) is 6.50. The van der Waals surface area contributed by atoms with Crippen molar-refractivity contribution >= 4 is 23.1 Å². The number of rotatable bonds is 2. The normalized spacial score (nSPS) is 22.9. The van der Waals surface area contributed by atoms with Crippen molar-refractivity contribution < 1.29 is 9.47 Å². The summed E-state index contributed by atoms with van der Waals surface area (Å²) in [4.78, 5) is 3.30. The van der Waals surface area contributed by atoms with E-state index in [0.717, 1.165) is 23.7 Å². The van der Waals surface area contributed by atoms with Gasteiger partial charge in [-0.2, -0.15) is 0 Å². The predicted octanol–water partition coefficient (Wildman–Crippen LogP) is 1.77. The summed E-state index contributed by atoms with van der Waals surface area (Å²) >= 11 is 1.72. The van der Waals surface area contributed by atoms with Crippen LogP contribution >= 0.6 is 11.8 Å². The topological polar surface area (TPSA) is 73.7 Å². The third-order valence-corrected chi connectivity index (χ3v) is 4.82. The van der Waals surface area contributed by atoms with Crippen LogP contribution in [0.1, 0.15) is 12.8 Å². The molecular formula is C13H19N3O2S. The van der Waals surface area contributed by atoms with E-state index in [-0.39, 0.29) is 6.23 Å². The van der Waals surface area contributed by atoms with Crippen molar-refractivity contribution in [2.75, 3.05) is 37.4 Å². The highest BCUT2D eigenvalue weighted by atomic mass is 32.2. The maximum absolute atomic E-state index is 6.11. The van der Waals surface area contributed by atoms with Crippen LogP contribution in [0.25, 0.3) is 0 Å². The predicted molar refractivity (Wildman–Crippen MR) is 77.8 cm³/mol. The summed E-state index contributed by atoms with van der Waals surface area (Å²) < 4.78 is 11.3. The Morgan fingerprint density at radius 2 is 2.11 bits per heavy atom. The highest BCUT2D eigenvalue weighted by Crippen LogP contribution is 2.48. The molecule has 0 aliphatic carbocycles. The second-order valence-electron chi connectivity index (χ2n) is 4.87. The fourth-order valence-electron chi connectivity index (χ4n) is 2.62. The number of nitrogen functional groups attached to an aromatic ring is 2. The Hall–Kier alpha value is -1.27. The molecule has 6 heteroatoms. The molecule has 1 atom stereocenters. The van der Waals surface area contributed by atoms with Crippen molar-refractivity contribution in [3.05, 3.63) is 6.07 Å². The average molecular weight is 281 g/mol. The molecule has 1 aromatic rings. The average Bonchev–Trinajstić information content (AvgIpc) is 2.96. The van der Waals surface area contributed by atoms with Crippen molar-refractivity contribution in [1.29, 1.82) is 0 Å². The summed E-state index contributed by atoms with van der Waals surface area (Å²) in [6, 6.07) is 1.76. The molecule has 19 heavy (non-hydrogen) atoms. The molecule has 1 fully saturated rings. The number of methoxy groups -OCH3 is 1. The lowest BCUT2D eigenvalue weighted by Gasteiger charge is -2.33. The van der Waals surface area contributed by atoms with E-state index in [2.05, 4.69) is 4.90 Å². The van der Waals surface area contributed by atoms with Gasteiger partial charge in [0.05, 0.1) is 17.7 Å². The van der Waals surface area contributed by atoms with E-state index in [0.29, 0.717) is 22.9 Å². The zero-order valence-corrected chi connectivity index (χ0v) is 11.8. The van der Waals surface area contributed by atoms with E-state index in [1.807, 2.05) is 0 Å². The second-order valence-corrected chi connectivity index (χ2v) is 5.90. The molecule has 3 rings (SSSR count). The molecule has 2 aliphatic heterocycles. The van der Waals surface area contributed by atoms with Gasteiger partial charge in [0.15, 0.2) is 12.0 Å². The van der Waals surface area contributed by atoms with Crippen molar-refractivity contribution in [1.82, 2.24) is 4.90 Å². The highest BCUT2D eigenvalue weighted by molar-refractivity contribution is 7.99. The van der Waals surface area contributed by atoms with Crippen molar-refractivity contribution in [3.63, 3.8) is 0 Å². The molecule has 0 saturated carbocycles. The standard InChI is InChI=1S/C13H19N3O2S/c1-17-9-6-8(14)13-12(11(9)15)18-10(7-19-13)16-4-2-3-5-16/h6,10H,2-5,7,14-15H2,1H3. The third kappa shape index (κ3) is 2.19. The molecular weight excluding hydrogens is 262 g/mol. The number of nitrogens with zero attached hydrogens (tertiary/aromatic N) is 1. The minimum Gasteiger partial charge on any atom is -0.494 e. The Morgan fingerprint density at radius 3 is 2.79 bits per heavy atom. The Bertz CT molecular complexity index is 489. The molecule has 4 N–H and O–H groups in total. The number of hydrogen-bond donors (Lipinski definition) is 2. The van der Waals surface area contributed by atoms with Crippen LogP contribution in [0.2, 0.25) is 0 Å². The fraction of sp³-hybridized carbons (Fsp3) is 0.538. The second kappa shape index (κ2) is 5.02. The van der Waals surface area contributed by atoms with E-state index in [1.54, 1.807) is 24.9 Å². The van der Waals surface area contributed by atoms with Gasteiger partial charge in [0.2, 0.25) is 0 Å². The molecule has 104 valence electrons. The number of likely N-dealkylation sites (tertiary alicyclic amines) is 1. The number of fused-ring (bicyclic) bond motifs is 1. The van der Waals surface area contributed by atoms with Crippen LogP contribution < -0.4 is 20.9 Å². The maximum atomic E-state index is 6.11. The first-order valence-corrected chi connectivity index (χ1v) is 7.48. The van der Waals surface area contributed by atoms with Gasteiger partial charge < -0.3 is 20.9 Å². The van der Waals surface area contributed by atoms with Crippen LogP contribution in [0, 0.1) is 0 Å². The van der Waals surface area contributed by atoms with E-state index in [4.69, 9.17) is 20.9 Å². The largest absolute Gasteiger partial charge is 0.494 e. The van der Waals surface area contributed by atoms with Gasteiger partial charge in [0.1, 0.15) is 11.4 Å². The summed E-state index contributed by atoms with van der Waals surface area (Å²) in [6.45, 7) is 2.19. The van der Waals surface area contributed by atoms with E-state index < -0.39 is 0 Å². The lowest BCUT2D eigenvalue weighted by molar-refractivity contribution is 0.0583. The number of hydrogen-bond acceptors (Lipinski definition) is 6. The molecule has 5 nitrogen and oxygen atoms in total. The summed E-state index contributed by atoms with van der Waals surface area (Å²) in [5.74, 6) is 2.16. The Morgan fingerprint density at radius 1 is 1.37 bits per heavy atom. The van der Waals surface area contributed by atoms with Crippen LogP contribution in [0.5, 0.6) is 11.5 Å². The van der Waals surface area contributed by atoms with Crippen molar-refractivity contribution in [3.8, 4) is 11.5 Å². The monoisotopic (exact) mass is 281 g/mol. The number of benzene rings is 1. The molecule has 0 radical (unpaired) electrons. The maximum Gasteiger partial charge on any atom is 0.164 e. The van der Waals surface area contributed by atoms with Crippen LogP contribution in [0.15, 0.2) is 11.0 Å². The van der Waals surface area contributed by atoms with Crippen LogP contribution in [-0.4, -0.2) is 37.1 Å². The first-order chi connectivity index (χ1) is 9.20. The molecule has 0 spiro atoms. The van der Waals surface area contributed by atoms with Gasteiger partial charge in [-0.05, 0) is 12.8 Å². The zero-order chi connectivity index (χ0) is 13.4. The minimum absolute atomic E-state index is 0.0915. The van der Waals surface area contributed by atoms with Crippen molar-refractivity contribution in [2.24, 2.45) is 0 Å². The fourth-order valence-corrected chi connectivity index (χ4v) is 3.72. The Kier molecular flexibility index (Phi) is 3.36. The van der Waals surface area contributed by atoms with Gasteiger partial charge in [-0.15, -0.1) is 11.8 Å². The van der Waals surface area contributed by atoms with Gasteiger partial charge in [-0.25, -0.2) is 0 Å². The zero-order valence-electron chi connectivity index (χ0n) is 11.0. The molecule has 2 aliphatic rings. The summed E-state index contributed by atoms with van der Waals surface area (Å²) in [7, 11) is 1.59. The number of ether oxygens (including phenoxy) is 2. The highest BCUT2D eigenvalue weighted by Gasteiger charge is 2.31. The molecule has 2 heterocycles. The number of thioether (sulfide) groups is 1.